The van der Waals surface area contributed by atoms with Gasteiger partial charge in [0.15, 0.2) is 0 Å². The van der Waals surface area contributed by atoms with Crippen LogP contribution in [0.5, 0.6) is 0 Å². The molecule has 0 spiro atoms. The predicted octanol–water partition coefficient (Wildman–Crippen LogP) is 4.19. The van der Waals surface area contributed by atoms with Gasteiger partial charge in [0, 0.05) is 22.9 Å². The van der Waals surface area contributed by atoms with E-state index in [2.05, 4.69) is 33.9 Å². The maximum absolute atomic E-state index is 8.21. The summed E-state index contributed by atoms with van der Waals surface area (Å²) in [5, 5.41) is 7.12. The summed E-state index contributed by atoms with van der Waals surface area (Å²) < 4.78 is 0. The lowest BCUT2D eigenvalue weighted by atomic mass is 9.76. The Kier molecular flexibility index (Phi) is 7.24. The van der Waals surface area contributed by atoms with E-state index in [0.717, 1.165) is 25.7 Å². The van der Waals surface area contributed by atoms with Crippen LogP contribution in [-0.2, 0) is 0 Å². The van der Waals surface area contributed by atoms with Crippen LogP contribution in [0.15, 0.2) is 10.2 Å². The average Bonchev–Trinajstić information content (AvgIpc) is 2.28. The van der Waals surface area contributed by atoms with E-state index in [0.29, 0.717) is 13.1 Å². The first-order valence-corrected chi connectivity index (χ1v) is 5.26. The van der Waals surface area contributed by atoms with E-state index >= 15 is 0 Å². The van der Waals surface area contributed by atoms with Gasteiger partial charge in [0.2, 0.25) is 0 Å². The van der Waals surface area contributed by atoms with E-state index in [-0.39, 0.29) is 5.41 Å². The Morgan fingerprint density at radius 3 is 1.60 bits per heavy atom. The van der Waals surface area contributed by atoms with Gasteiger partial charge in [0.1, 0.15) is 0 Å². The molecule has 84 valence electrons. The molecule has 6 heteroatoms. The number of hydrogen-bond acceptors (Lipinski definition) is 2. The van der Waals surface area contributed by atoms with Crippen LogP contribution in [0, 0.1) is 5.41 Å². The van der Waals surface area contributed by atoms with Crippen LogP contribution in [0.25, 0.3) is 20.9 Å². The Morgan fingerprint density at radius 1 is 0.933 bits per heavy atom. The van der Waals surface area contributed by atoms with Crippen LogP contribution in [-0.4, -0.2) is 13.1 Å². The summed E-state index contributed by atoms with van der Waals surface area (Å²) in [6.45, 7) is 5.29. The van der Waals surface area contributed by atoms with Crippen molar-refractivity contribution in [2.24, 2.45) is 15.6 Å². The molecule has 0 aromatic heterocycles. The van der Waals surface area contributed by atoms with Crippen LogP contribution in [0.3, 0.4) is 0 Å². The van der Waals surface area contributed by atoms with Crippen molar-refractivity contribution in [2.45, 2.75) is 39.5 Å². The van der Waals surface area contributed by atoms with Crippen LogP contribution in [0.4, 0.5) is 0 Å². The Labute approximate surface area is 89.9 Å². The molecule has 6 nitrogen and oxygen atoms in total. The number of rotatable bonds is 8. The Bertz CT molecular complexity index is 234. The molecule has 0 aromatic rings. The average molecular weight is 210 g/mol. The second-order valence-corrected chi connectivity index (χ2v) is 3.62. The maximum Gasteiger partial charge on any atom is 0.0263 e. The summed E-state index contributed by atoms with van der Waals surface area (Å²) in [5.74, 6) is 0. The molecule has 0 radical (unpaired) electrons. The molecule has 0 aliphatic heterocycles. The molecule has 0 unspecified atom stereocenters. The molecule has 0 saturated carbocycles. The number of azide groups is 2. The van der Waals surface area contributed by atoms with Crippen molar-refractivity contribution in [1.82, 2.24) is 0 Å². The largest absolute Gasteiger partial charge is 0.0940 e. The highest BCUT2D eigenvalue weighted by atomic mass is 15.1. The van der Waals surface area contributed by atoms with Gasteiger partial charge < -0.3 is 0 Å². The van der Waals surface area contributed by atoms with Crippen molar-refractivity contribution in [1.29, 1.82) is 0 Å². The topological polar surface area (TPSA) is 97.5 Å². The van der Waals surface area contributed by atoms with Gasteiger partial charge in [-0.25, -0.2) is 0 Å². The molecule has 0 bridgehead atoms. The maximum atomic E-state index is 8.21. The van der Waals surface area contributed by atoms with Crippen molar-refractivity contribution < 1.29 is 0 Å². The van der Waals surface area contributed by atoms with Gasteiger partial charge in [-0.05, 0) is 29.3 Å². The fourth-order valence-corrected chi connectivity index (χ4v) is 1.75. The molecule has 15 heavy (non-hydrogen) atoms. The second-order valence-electron chi connectivity index (χ2n) is 3.62. The SMILES string of the molecule is CCC(CC)(CCN=[N+]=[N-])CCN=[N+]=[N-]. The van der Waals surface area contributed by atoms with Gasteiger partial charge in [0.05, 0.1) is 0 Å². The molecule has 0 aliphatic carbocycles. The lowest BCUT2D eigenvalue weighted by Crippen LogP contribution is -2.21. The normalized spacial score (nSPS) is 10.3. The summed E-state index contributed by atoms with van der Waals surface area (Å²) in [6.07, 6.45) is 3.77. The van der Waals surface area contributed by atoms with Crippen LogP contribution >= 0.6 is 0 Å². The van der Waals surface area contributed by atoms with Crippen LogP contribution in [0.2, 0.25) is 0 Å². The Morgan fingerprint density at radius 2 is 1.33 bits per heavy atom. The highest BCUT2D eigenvalue weighted by Crippen LogP contribution is 2.34. The molecule has 0 fully saturated rings. The molecule has 0 amide bonds. The van der Waals surface area contributed by atoms with E-state index in [1.165, 1.54) is 0 Å². The van der Waals surface area contributed by atoms with E-state index < -0.39 is 0 Å². The number of hydrogen-bond donors (Lipinski definition) is 0. The molecule has 0 N–H and O–H groups in total. The third-order valence-corrected chi connectivity index (χ3v) is 3.11. The fourth-order valence-electron chi connectivity index (χ4n) is 1.75. The zero-order valence-electron chi connectivity index (χ0n) is 9.43. The quantitative estimate of drug-likeness (QED) is 0.326. The van der Waals surface area contributed by atoms with E-state index in [1.54, 1.807) is 0 Å². The first-order valence-electron chi connectivity index (χ1n) is 5.26. The molecule has 0 rings (SSSR count). The Hall–Kier alpha value is -1.38. The Balaban J connectivity index is 4.27. The predicted molar refractivity (Wildman–Crippen MR) is 60.3 cm³/mol. The molecule has 0 aliphatic rings. The molecule has 0 atom stereocenters. The minimum Gasteiger partial charge on any atom is -0.0940 e. The van der Waals surface area contributed by atoms with Crippen LogP contribution in [0.1, 0.15) is 39.5 Å². The zero-order chi connectivity index (χ0) is 11.6. The van der Waals surface area contributed by atoms with E-state index in [4.69, 9.17) is 11.1 Å². The third-order valence-electron chi connectivity index (χ3n) is 3.11. The summed E-state index contributed by atoms with van der Waals surface area (Å²) in [5.41, 5.74) is 16.6. The van der Waals surface area contributed by atoms with Gasteiger partial charge in [-0.2, -0.15) is 0 Å². The van der Waals surface area contributed by atoms with Gasteiger partial charge >= 0.3 is 0 Å². The summed E-state index contributed by atoms with van der Waals surface area (Å²) in [7, 11) is 0. The lowest BCUT2D eigenvalue weighted by Gasteiger charge is -2.30. The fraction of sp³-hybridized carbons (Fsp3) is 1.00. The summed E-state index contributed by atoms with van der Waals surface area (Å²) in [4.78, 5) is 5.49. The molecule has 0 heterocycles. The van der Waals surface area contributed by atoms with Gasteiger partial charge in [0.25, 0.3) is 0 Å². The third kappa shape index (κ3) is 5.15. The highest BCUT2D eigenvalue weighted by Gasteiger charge is 2.24. The van der Waals surface area contributed by atoms with Crippen molar-refractivity contribution in [3.8, 4) is 0 Å². The number of nitrogens with zero attached hydrogens (tertiary/aromatic N) is 6. The minimum absolute atomic E-state index is 0.155. The minimum atomic E-state index is 0.155. The monoisotopic (exact) mass is 210 g/mol. The van der Waals surface area contributed by atoms with Crippen molar-refractivity contribution in [2.75, 3.05) is 13.1 Å². The van der Waals surface area contributed by atoms with Crippen molar-refractivity contribution in [3.63, 3.8) is 0 Å². The van der Waals surface area contributed by atoms with Crippen molar-refractivity contribution >= 4 is 0 Å². The van der Waals surface area contributed by atoms with Crippen LogP contribution < -0.4 is 0 Å². The molecular formula is C9H18N6. The summed E-state index contributed by atoms with van der Waals surface area (Å²) in [6, 6.07) is 0. The smallest absolute Gasteiger partial charge is 0.0263 e. The first kappa shape index (κ1) is 13.6. The van der Waals surface area contributed by atoms with E-state index in [9.17, 15) is 0 Å². The lowest BCUT2D eigenvalue weighted by molar-refractivity contribution is 0.227. The highest BCUT2D eigenvalue weighted by molar-refractivity contribution is 4.78. The standard InChI is InChI=1S/C9H18N6/c1-3-9(4-2,5-7-12-14-10)6-8-13-15-11/h3-8H2,1-2H3. The van der Waals surface area contributed by atoms with Gasteiger partial charge in [-0.1, -0.05) is 36.9 Å². The summed E-state index contributed by atoms with van der Waals surface area (Å²) >= 11 is 0. The second kappa shape index (κ2) is 7.97. The van der Waals surface area contributed by atoms with Gasteiger partial charge in [-0.15, -0.1) is 0 Å². The molecular weight excluding hydrogens is 192 g/mol. The van der Waals surface area contributed by atoms with E-state index in [1.807, 2.05) is 0 Å². The molecule has 0 aromatic carbocycles. The van der Waals surface area contributed by atoms with Gasteiger partial charge in [-0.3, -0.25) is 0 Å². The van der Waals surface area contributed by atoms with Crippen molar-refractivity contribution in [3.05, 3.63) is 20.9 Å². The molecule has 0 saturated heterocycles. The zero-order valence-corrected chi connectivity index (χ0v) is 9.43. The first-order chi connectivity index (χ1) is 7.24.